The molecule has 0 aliphatic rings. The van der Waals surface area contributed by atoms with Crippen LogP contribution in [-0.4, -0.2) is 28.7 Å². The molecule has 17 heavy (non-hydrogen) atoms. The second-order valence-corrected chi connectivity index (χ2v) is 2.94. The standard InChI is InChI=1S/C7H11N3.C2HF3O2/c8-4-1-2-7-3-5-9-6-10-7;3-2(4,5)1(6)7/h3,5-6H,1-2,4,8H2;(H,6,7). The van der Waals surface area contributed by atoms with E-state index in [1.54, 1.807) is 12.5 Å². The van der Waals surface area contributed by atoms with E-state index >= 15 is 0 Å². The molecule has 0 radical (unpaired) electrons. The zero-order valence-electron chi connectivity index (χ0n) is 8.91. The molecule has 1 heterocycles. The minimum absolute atomic E-state index is 0.976. The summed E-state index contributed by atoms with van der Waals surface area (Å²) in [6.45, 7) is 0.976. The largest absolute Gasteiger partial charge is 0.542 e. The molecule has 0 fully saturated rings. The summed E-state index contributed by atoms with van der Waals surface area (Å²) in [5, 5.41) is 8.78. The first-order chi connectivity index (χ1) is 7.88. The molecule has 0 aromatic carbocycles. The molecule has 1 aromatic rings. The Morgan fingerprint density at radius 1 is 1.47 bits per heavy atom. The van der Waals surface area contributed by atoms with Gasteiger partial charge in [-0.05, 0) is 12.5 Å². The Balaban J connectivity index is 0.000000325. The third-order valence-electron chi connectivity index (χ3n) is 1.56. The molecule has 96 valence electrons. The molecular formula is C9H12F3N3O2. The Bertz CT molecular complexity index is 330. The maximum atomic E-state index is 10.5. The second-order valence-electron chi connectivity index (χ2n) is 2.94. The predicted octanol–water partition coefficient (Wildman–Crippen LogP) is -1.05. The highest BCUT2D eigenvalue weighted by atomic mass is 19.4. The molecule has 0 unspecified atom stereocenters. The van der Waals surface area contributed by atoms with Gasteiger partial charge >= 0.3 is 6.18 Å². The number of carbonyl (C=O) groups excluding carboxylic acids is 1. The Kier molecular flexibility index (Phi) is 6.80. The Labute approximate surface area is 95.5 Å². The van der Waals surface area contributed by atoms with Gasteiger partial charge in [-0.1, -0.05) is 0 Å². The number of halogens is 3. The summed E-state index contributed by atoms with van der Waals surface area (Å²) in [5.41, 5.74) is 4.87. The normalized spacial score (nSPS) is 10.4. The molecule has 0 amide bonds. The molecule has 0 aliphatic heterocycles. The number of quaternary nitrogens is 1. The fourth-order valence-corrected chi connectivity index (χ4v) is 0.772. The van der Waals surface area contributed by atoms with Crippen molar-refractivity contribution in [2.45, 2.75) is 19.0 Å². The molecule has 3 N–H and O–H groups in total. The lowest BCUT2D eigenvalue weighted by molar-refractivity contribution is -0.368. The molecular weight excluding hydrogens is 239 g/mol. The number of nitrogens with zero attached hydrogens (tertiary/aromatic N) is 2. The Morgan fingerprint density at radius 3 is 2.41 bits per heavy atom. The molecule has 0 bridgehead atoms. The van der Waals surface area contributed by atoms with Crippen molar-refractivity contribution in [1.29, 1.82) is 0 Å². The minimum atomic E-state index is -5.19. The van der Waals surface area contributed by atoms with Crippen LogP contribution in [-0.2, 0) is 11.2 Å². The van der Waals surface area contributed by atoms with Crippen LogP contribution in [0.1, 0.15) is 12.1 Å². The van der Waals surface area contributed by atoms with Gasteiger partial charge in [-0.3, -0.25) is 0 Å². The fourth-order valence-electron chi connectivity index (χ4n) is 0.772. The van der Waals surface area contributed by atoms with E-state index in [1.807, 2.05) is 6.07 Å². The smallest absolute Gasteiger partial charge is 0.430 e. The summed E-state index contributed by atoms with van der Waals surface area (Å²) >= 11 is 0. The molecule has 0 spiro atoms. The van der Waals surface area contributed by atoms with Gasteiger partial charge in [0.25, 0.3) is 0 Å². The zero-order valence-corrected chi connectivity index (χ0v) is 8.91. The quantitative estimate of drug-likeness (QED) is 0.741. The molecule has 8 heteroatoms. The van der Waals surface area contributed by atoms with E-state index in [0.717, 1.165) is 25.1 Å². The summed E-state index contributed by atoms with van der Waals surface area (Å²) in [4.78, 5) is 16.7. The number of aromatic nitrogens is 2. The maximum Gasteiger partial charge on any atom is 0.430 e. The number of aryl methyl sites for hydroxylation is 1. The van der Waals surface area contributed by atoms with Gasteiger partial charge in [0.15, 0.2) is 0 Å². The van der Waals surface area contributed by atoms with Crippen LogP contribution in [0.15, 0.2) is 18.6 Å². The minimum Gasteiger partial charge on any atom is -0.542 e. The molecule has 1 rings (SSSR count). The SMILES string of the molecule is O=C([O-])C(F)(F)F.[NH3+]CCCc1ccncn1. The van der Waals surface area contributed by atoms with Crippen molar-refractivity contribution < 1.29 is 28.8 Å². The number of hydrogen-bond donors (Lipinski definition) is 1. The fraction of sp³-hybridized carbons (Fsp3) is 0.444. The van der Waals surface area contributed by atoms with E-state index in [-0.39, 0.29) is 0 Å². The number of aliphatic carboxylic acids is 1. The number of hydrogen-bond acceptors (Lipinski definition) is 4. The van der Waals surface area contributed by atoms with Crippen molar-refractivity contribution in [3.63, 3.8) is 0 Å². The van der Waals surface area contributed by atoms with Gasteiger partial charge in [-0.2, -0.15) is 13.2 Å². The number of rotatable bonds is 3. The number of carboxylic acid groups (broad SMARTS) is 1. The van der Waals surface area contributed by atoms with Crippen LogP contribution in [0.4, 0.5) is 13.2 Å². The van der Waals surface area contributed by atoms with Crippen LogP contribution >= 0.6 is 0 Å². The van der Waals surface area contributed by atoms with Gasteiger partial charge < -0.3 is 15.6 Å². The monoisotopic (exact) mass is 251 g/mol. The highest BCUT2D eigenvalue weighted by Crippen LogP contribution is 2.11. The van der Waals surface area contributed by atoms with Crippen molar-refractivity contribution in [2.75, 3.05) is 6.54 Å². The molecule has 0 atom stereocenters. The number of carboxylic acids is 1. The van der Waals surface area contributed by atoms with E-state index in [0.29, 0.717) is 0 Å². The summed E-state index contributed by atoms with van der Waals surface area (Å²) in [5.74, 6) is -3.01. The molecule has 0 saturated heterocycles. The van der Waals surface area contributed by atoms with Crippen LogP contribution < -0.4 is 10.8 Å². The Hall–Kier alpha value is -1.70. The van der Waals surface area contributed by atoms with Crippen LogP contribution in [0.25, 0.3) is 0 Å². The summed E-state index contributed by atoms with van der Waals surface area (Å²) in [6, 6.07) is 1.94. The van der Waals surface area contributed by atoms with Gasteiger partial charge in [0, 0.05) is 18.3 Å². The van der Waals surface area contributed by atoms with Crippen LogP contribution in [0.2, 0.25) is 0 Å². The van der Waals surface area contributed by atoms with Crippen molar-refractivity contribution >= 4 is 5.97 Å². The lowest BCUT2D eigenvalue weighted by Gasteiger charge is -2.03. The average molecular weight is 251 g/mol. The van der Waals surface area contributed by atoms with E-state index in [1.165, 1.54) is 0 Å². The summed E-state index contributed by atoms with van der Waals surface area (Å²) in [6.07, 6.45) is 0.285. The van der Waals surface area contributed by atoms with Gasteiger partial charge in [0.05, 0.1) is 6.54 Å². The van der Waals surface area contributed by atoms with Gasteiger partial charge in [0.1, 0.15) is 12.3 Å². The summed E-state index contributed by atoms with van der Waals surface area (Å²) < 4.78 is 31.5. The maximum absolute atomic E-state index is 10.5. The van der Waals surface area contributed by atoms with E-state index in [2.05, 4.69) is 15.7 Å². The van der Waals surface area contributed by atoms with Crippen LogP contribution in [0, 0.1) is 0 Å². The first kappa shape index (κ1) is 15.3. The van der Waals surface area contributed by atoms with Crippen molar-refractivity contribution in [2.24, 2.45) is 0 Å². The van der Waals surface area contributed by atoms with Crippen molar-refractivity contribution in [3.05, 3.63) is 24.3 Å². The lowest BCUT2D eigenvalue weighted by atomic mass is 10.2. The molecule has 0 aliphatic carbocycles. The third-order valence-corrected chi connectivity index (χ3v) is 1.56. The predicted molar refractivity (Wildman–Crippen MR) is 49.2 cm³/mol. The van der Waals surface area contributed by atoms with Crippen molar-refractivity contribution in [1.82, 2.24) is 9.97 Å². The van der Waals surface area contributed by atoms with Gasteiger partial charge in [-0.25, -0.2) is 9.97 Å². The Morgan fingerprint density at radius 2 is 2.06 bits per heavy atom. The van der Waals surface area contributed by atoms with Crippen LogP contribution in [0.5, 0.6) is 0 Å². The highest BCUT2D eigenvalue weighted by molar-refractivity contribution is 5.70. The first-order valence-electron chi connectivity index (χ1n) is 4.70. The lowest BCUT2D eigenvalue weighted by Crippen LogP contribution is -2.50. The summed E-state index contributed by atoms with van der Waals surface area (Å²) in [7, 11) is 0. The van der Waals surface area contributed by atoms with Gasteiger partial charge in [0.2, 0.25) is 0 Å². The average Bonchev–Trinajstić information content (AvgIpc) is 2.27. The molecule has 1 aromatic heterocycles. The molecule has 5 nitrogen and oxygen atoms in total. The first-order valence-corrected chi connectivity index (χ1v) is 4.70. The number of carbonyl (C=O) groups is 1. The number of alkyl halides is 3. The van der Waals surface area contributed by atoms with Crippen LogP contribution in [0.3, 0.4) is 0 Å². The van der Waals surface area contributed by atoms with Gasteiger partial charge in [-0.15, -0.1) is 0 Å². The zero-order chi connectivity index (χ0) is 13.3. The molecule has 0 saturated carbocycles. The van der Waals surface area contributed by atoms with E-state index in [9.17, 15) is 13.2 Å². The van der Waals surface area contributed by atoms with Crippen molar-refractivity contribution in [3.8, 4) is 0 Å². The van der Waals surface area contributed by atoms with E-state index in [4.69, 9.17) is 9.90 Å². The second kappa shape index (κ2) is 7.55. The highest BCUT2D eigenvalue weighted by Gasteiger charge is 2.28. The topological polar surface area (TPSA) is 93.5 Å². The van der Waals surface area contributed by atoms with E-state index < -0.39 is 12.1 Å². The third kappa shape index (κ3) is 8.14.